The molecule has 0 atom stereocenters. The van der Waals surface area contributed by atoms with Crippen LogP contribution in [0.4, 0.5) is 10.5 Å². The highest BCUT2D eigenvalue weighted by Crippen LogP contribution is 2.30. The highest BCUT2D eigenvalue weighted by molar-refractivity contribution is 6.31. The zero-order valence-electron chi connectivity index (χ0n) is 18.1. The Bertz CT molecular complexity index is 1070. The van der Waals surface area contributed by atoms with Crippen molar-refractivity contribution < 1.29 is 14.4 Å². The molecule has 1 N–H and O–H groups in total. The van der Waals surface area contributed by atoms with Gasteiger partial charge in [-0.2, -0.15) is 0 Å². The van der Waals surface area contributed by atoms with Gasteiger partial charge in [0.2, 0.25) is 0 Å². The topological polar surface area (TPSA) is 69.7 Å². The normalized spacial score (nSPS) is 18.3. The maximum Gasteiger partial charge on any atom is 0.331 e. The number of barbiturate groups is 1. The fourth-order valence-corrected chi connectivity index (χ4v) is 4.19. The van der Waals surface area contributed by atoms with Gasteiger partial charge in [0.05, 0.1) is 0 Å². The average molecular weight is 418 g/mol. The number of hydrogen-bond donors (Lipinski definition) is 1. The van der Waals surface area contributed by atoms with E-state index in [-0.39, 0.29) is 5.57 Å². The van der Waals surface area contributed by atoms with E-state index in [9.17, 15) is 14.4 Å². The number of rotatable bonds is 3. The van der Waals surface area contributed by atoms with Crippen molar-refractivity contribution >= 4 is 29.6 Å². The fourth-order valence-electron chi connectivity index (χ4n) is 4.19. The van der Waals surface area contributed by atoms with Crippen molar-refractivity contribution in [3.63, 3.8) is 0 Å². The molecule has 0 spiro atoms. The van der Waals surface area contributed by atoms with Crippen LogP contribution in [0.5, 0.6) is 0 Å². The Morgan fingerprint density at radius 2 is 1.77 bits per heavy atom. The van der Waals surface area contributed by atoms with Crippen LogP contribution >= 0.6 is 0 Å². The van der Waals surface area contributed by atoms with E-state index >= 15 is 0 Å². The van der Waals surface area contributed by atoms with E-state index in [1.807, 2.05) is 30.3 Å². The predicted octanol–water partition coefficient (Wildman–Crippen LogP) is 3.90. The molecule has 0 aliphatic carbocycles. The fraction of sp³-hybridized carbons (Fsp3) is 0.320. The third-order valence-corrected chi connectivity index (χ3v) is 5.62. The average Bonchev–Trinajstić information content (AvgIpc) is 2.70. The van der Waals surface area contributed by atoms with Gasteiger partial charge in [-0.1, -0.05) is 36.4 Å². The molecule has 1 saturated heterocycles. The van der Waals surface area contributed by atoms with Gasteiger partial charge >= 0.3 is 6.03 Å². The Kier molecular flexibility index (Phi) is 5.39. The molecular weight excluding hydrogens is 390 g/mol. The van der Waals surface area contributed by atoms with Gasteiger partial charge in [-0.25, -0.2) is 4.79 Å². The summed E-state index contributed by atoms with van der Waals surface area (Å²) in [6.07, 6.45) is 3.58. The van der Waals surface area contributed by atoms with Crippen LogP contribution in [0.2, 0.25) is 0 Å². The molecule has 0 unspecified atom stereocenters. The van der Waals surface area contributed by atoms with Crippen molar-refractivity contribution in [2.75, 3.05) is 11.4 Å². The first-order valence-electron chi connectivity index (χ1n) is 10.6. The maximum absolute atomic E-state index is 12.9. The lowest BCUT2D eigenvalue weighted by Gasteiger charge is -2.36. The summed E-state index contributed by atoms with van der Waals surface area (Å²) in [5.41, 5.74) is 3.67. The molecule has 2 aliphatic heterocycles. The first kappa shape index (κ1) is 20.8. The lowest BCUT2D eigenvalue weighted by atomic mass is 9.96. The molecule has 0 saturated carbocycles. The van der Waals surface area contributed by atoms with Gasteiger partial charge in [0.15, 0.2) is 0 Å². The molecule has 6 heteroatoms. The Morgan fingerprint density at radius 1 is 1.03 bits per heavy atom. The van der Waals surface area contributed by atoms with Crippen LogP contribution in [-0.4, -0.2) is 34.8 Å². The number of benzene rings is 2. The molecule has 2 heterocycles. The van der Waals surface area contributed by atoms with E-state index in [0.29, 0.717) is 0 Å². The minimum Gasteiger partial charge on any atom is -0.367 e. The van der Waals surface area contributed by atoms with E-state index < -0.39 is 23.4 Å². The number of anilines is 1. The predicted molar refractivity (Wildman–Crippen MR) is 120 cm³/mol. The van der Waals surface area contributed by atoms with Crippen LogP contribution < -0.4 is 10.2 Å². The van der Waals surface area contributed by atoms with Crippen molar-refractivity contribution in [3.8, 4) is 0 Å². The van der Waals surface area contributed by atoms with Crippen molar-refractivity contribution in [3.05, 3.63) is 70.8 Å². The molecule has 2 aromatic carbocycles. The summed E-state index contributed by atoms with van der Waals surface area (Å²) in [6.45, 7) is 7.12. The monoisotopic (exact) mass is 417 g/mol. The van der Waals surface area contributed by atoms with Crippen molar-refractivity contribution in [1.82, 2.24) is 10.2 Å². The minimum absolute atomic E-state index is 0.0218. The standard InChI is InChI=1S/C25H27N3O3/c1-25(2,3)28-23(30)20(22(29)26-24(28)31)15-18-11-12-21-19(14-18)10-7-13-27(21)16-17-8-5-4-6-9-17/h4-6,8-9,11-12,14-15H,7,10,13,16H2,1-3H3,(H,26,29,31). The largest absolute Gasteiger partial charge is 0.367 e. The molecule has 6 nitrogen and oxygen atoms in total. The van der Waals surface area contributed by atoms with Gasteiger partial charge in [-0.3, -0.25) is 19.8 Å². The third kappa shape index (κ3) is 4.24. The van der Waals surface area contributed by atoms with Crippen LogP contribution in [0.25, 0.3) is 6.08 Å². The van der Waals surface area contributed by atoms with Crippen LogP contribution in [-0.2, 0) is 22.6 Å². The van der Waals surface area contributed by atoms with Gasteiger partial charge in [-0.15, -0.1) is 0 Å². The van der Waals surface area contributed by atoms with Crippen LogP contribution in [0.1, 0.15) is 43.9 Å². The molecule has 31 heavy (non-hydrogen) atoms. The number of nitrogens with zero attached hydrogens (tertiary/aromatic N) is 2. The smallest absolute Gasteiger partial charge is 0.331 e. The Hall–Kier alpha value is -3.41. The van der Waals surface area contributed by atoms with E-state index in [1.54, 1.807) is 26.8 Å². The molecule has 2 aliphatic rings. The van der Waals surface area contributed by atoms with Crippen molar-refractivity contribution in [1.29, 1.82) is 0 Å². The van der Waals surface area contributed by atoms with Gasteiger partial charge in [0.25, 0.3) is 11.8 Å². The number of imide groups is 2. The number of fused-ring (bicyclic) bond motifs is 1. The van der Waals surface area contributed by atoms with Crippen molar-refractivity contribution in [2.45, 2.75) is 45.7 Å². The number of urea groups is 1. The molecule has 0 aromatic heterocycles. The number of nitrogens with one attached hydrogen (secondary N) is 1. The third-order valence-electron chi connectivity index (χ3n) is 5.62. The molecule has 4 amide bonds. The Morgan fingerprint density at radius 3 is 2.48 bits per heavy atom. The van der Waals surface area contributed by atoms with E-state index in [0.717, 1.165) is 36.4 Å². The SMILES string of the molecule is CC(C)(C)N1C(=O)NC(=O)C(=Cc2ccc3c(c2)CCCN3Cc2ccccc2)C1=O. The summed E-state index contributed by atoms with van der Waals surface area (Å²) in [6, 6.07) is 15.7. The van der Waals surface area contributed by atoms with E-state index in [4.69, 9.17) is 0 Å². The van der Waals surface area contributed by atoms with Crippen LogP contribution in [0, 0.1) is 0 Å². The molecule has 0 radical (unpaired) electrons. The minimum atomic E-state index is -0.727. The molecular formula is C25H27N3O3. The van der Waals surface area contributed by atoms with Crippen LogP contribution in [0.3, 0.4) is 0 Å². The first-order chi connectivity index (χ1) is 14.7. The zero-order valence-corrected chi connectivity index (χ0v) is 18.1. The summed E-state index contributed by atoms with van der Waals surface area (Å²) >= 11 is 0. The first-order valence-corrected chi connectivity index (χ1v) is 10.6. The quantitative estimate of drug-likeness (QED) is 0.607. The summed E-state index contributed by atoms with van der Waals surface area (Å²) < 4.78 is 0. The van der Waals surface area contributed by atoms with E-state index in [1.165, 1.54) is 16.8 Å². The Labute approximate surface area is 182 Å². The second kappa shape index (κ2) is 8.02. The number of carbonyl (C=O) groups excluding carboxylic acids is 3. The molecule has 4 rings (SSSR count). The second-order valence-corrected chi connectivity index (χ2v) is 9.03. The lowest BCUT2D eigenvalue weighted by molar-refractivity contribution is -0.133. The summed E-state index contributed by atoms with van der Waals surface area (Å²) in [5, 5.41) is 2.28. The number of carbonyl (C=O) groups is 3. The second-order valence-electron chi connectivity index (χ2n) is 9.03. The Balaban J connectivity index is 1.63. The zero-order chi connectivity index (χ0) is 22.2. The highest BCUT2D eigenvalue weighted by Gasteiger charge is 2.41. The molecule has 0 bridgehead atoms. The van der Waals surface area contributed by atoms with E-state index in [2.05, 4.69) is 28.4 Å². The molecule has 160 valence electrons. The van der Waals surface area contributed by atoms with Gasteiger partial charge in [0, 0.05) is 24.3 Å². The number of amides is 4. The summed E-state index contributed by atoms with van der Waals surface area (Å²) in [4.78, 5) is 40.9. The number of aryl methyl sites for hydroxylation is 1. The lowest BCUT2D eigenvalue weighted by Crippen LogP contribution is -2.60. The number of hydrogen-bond acceptors (Lipinski definition) is 4. The maximum atomic E-state index is 12.9. The van der Waals surface area contributed by atoms with Crippen molar-refractivity contribution in [2.24, 2.45) is 0 Å². The van der Waals surface area contributed by atoms with Gasteiger partial charge in [0.1, 0.15) is 5.57 Å². The summed E-state index contributed by atoms with van der Waals surface area (Å²) in [7, 11) is 0. The van der Waals surface area contributed by atoms with Gasteiger partial charge in [-0.05, 0) is 68.5 Å². The molecule has 1 fully saturated rings. The highest BCUT2D eigenvalue weighted by atomic mass is 16.2. The summed E-state index contributed by atoms with van der Waals surface area (Å²) in [5.74, 6) is -1.22. The van der Waals surface area contributed by atoms with Gasteiger partial charge < -0.3 is 4.90 Å². The van der Waals surface area contributed by atoms with Crippen LogP contribution in [0.15, 0.2) is 54.1 Å². The molecule has 2 aromatic rings.